The Morgan fingerprint density at radius 2 is 2.00 bits per heavy atom. The average Bonchev–Trinajstić information content (AvgIpc) is 2.06. The summed E-state index contributed by atoms with van der Waals surface area (Å²) in [5.41, 5.74) is 4.66. The first kappa shape index (κ1) is 16.2. The second-order valence-corrected chi connectivity index (χ2v) is 5.37. The number of hydrogen-bond acceptors (Lipinski definition) is 2. The first-order chi connectivity index (χ1) is 6.08. The number of thiocarbonyl (C=S) groups is 1. The van der Waals surface area contributed by atoms with Crippen molar-refractivity contribution in [1.29, 1.82) is 0 Å². The van der Waals surface area contributed by atoms with Gasteiger partial charge in [0.2, 0.25) is 0 Å². The molecule has 2 N–H and O–H groups in total. The van der Waals surface area contributed by atoms with Gasteiger partial charge in [0, 0.05) is 0 Å². The second kappa shape index (κ2) is 12.7. The van der Waals surface area contributed by atoms with Crippen LogP contribution in [0.1, 0.15) is 39.5 Å². The molecule has 0 amide bonds. The molecule has 0 rings (SSSR count). The van der Waals surface area contributed by atoms with Gasteiger partial charge in [0.25, 0.3) is 0 Å². The van der Waals surface area contributed by atoms with Crippen LogP contribution in [-0.4, -0.2) is 4.32 Å². The minimum Gasteiger partial charge on any atom is -0.415 e. The monoisotopic (exact) mass is 269 g/mol. The molecule has 0 fully saturated rings. The van der Waals surface area contributed by atoms with Crippen molar-refractivity contribution in [1.82, 2.24) is 0 Å². The van der Waals surface area contributed by atoms with E-state index >= 15 is 0 Å². The Morgan fingerprint density at radius 3 is 2.23 bits per heavy atom. The van der Waals surface area contributed by atoms with Crippen molar-refractivity contribution in [2.75, 3.05) is 0 Å². The van der Waals surface area contributed by atoms with E-state index in [2.05, 4.69) is 44.4 Å². The second-order valence-electron chi connectivity index (χ2n) is 3.02. The van der Waals surface area contributed by atoms with E-state index in [1.165, 1.54) is 49.0 Å². The molecule has 0 aliphatic heterocycles. The molecule has 0 saturated heterocycles. The molecular weight excluding hydrogens is 252 g/mol. The maximum absolute atomic E-state index is 4.66. The SMILES string of the molecule is CCCCC(CC)[CH2][Zn+].NC(=S)[S-]. The maximum Gasteiger partial charge on any atom is -0.0708 e. The zero-order chi connectivity index (χ0) is 10.7. The Hall–Kier alpha value is 0.733. The summed E-state index contributed by atoms with van der Waals surface area (Å²) >= 11 is 9.75. The van der Waals surface area contributed by atoms with E-state index in [9.17, 15) is 0 Å². The fourth-order valence-electron chi connectivity index (χ4n) is 1.05. The molecular formula is C9H19NS2Zn. The number of nitrogens with two attached hydrogens (primary N) is 1. The topological polar surface area (TPSA) is 26.0 Å². The molecule has 1 atom stereocenters. The summed E-state index contributed by atoms with van der Waals surface area (Å²) in [7, 11) is 0. The van der Waals surface area contributed by atoms with Gasteiger partial charge >= 0.3 is 68.8 Å². The van der Waals surface area contributed by atoms with Crippen molar-refractivity contribution < 1.29 is 18.3 Å². The fraction of sp³-hybridized carbons (Fsp3) is 0.889. The van der Waals surface area contributed by atoms with Crippen LogP contribution in [0.2, 0.25) is 5.02 Å². The Morgan fingerprint density at radius 1 is 1.54 bits per heavy atom. The Balaban J connectivity index is 0. The number of rotatable bonds is 5. The van der Waals surface area contributed by atoms with Gasteiger partial charge in [-0.3, -0.25) is 0 Å². The van der Waals surface area contributed by atoms with Crippen LogP contribution in [0.4, 0.5) is 0 Å². The maximum atomic E-state index is 4.66. The first-order valence-corrected chi connectivity index (χ1v) is 7.75. The van der Waals surface area contributed by atoms with Gasteiger partial charge in [-0.25, -0.2) is 0 Å². The van der Waals surface area contributed by atoms with Gasteiger partial charge in [-0.2, -0.15) is 0 Å². The van der Waals surface area contributed by atoms with Gasteiger partial charge in [0.15, 0.2) is 0 Å². The zero-order valence-corrected chi connectivity index (χ0v) is 13.3. The fourth-order valence-corrected chi connectivity index (χ4v) is 2.51. The van der Waals surface area contributed by atoms with Crippen molar-refractivity contribution in [2.24, 2.45) is 11.7 Å². The molecule has 1 unspecified atom stereocenters. The molecule has 0 heterocycles. The van der Waals surface area contributed by atoms with Crippen LogP contribution in [0, 0.1) is 5.92 Å². The predicted octanol–water partition coefficient (Wildman–Crippen LogP) is 2.94. The van der Waals surface area contributed by atoms with Crippen molar-refractivity contribution in [3.63, 3.8) is 0 Å². The summed E-state index contributed by atoms with van der Waals surface area (Å²) in [4.78, 5) is 0. The molecule has 0 spiro atoms. The quantitative estimate of drug-likeness (QED) is 0.473. The van der Waals surface area contributed by atoms with Crippen molar-refractivity contribution >= 4 is 29.2 Å². The normalized spacial score (nSPS) is 11.4. The van der Waals surface area contributed by atoms with Gasteiger partial charge in [0.1, 0.15) is 0 Å². The standard InChI is InChI=1S/C8H17.CH3NS2.Zn/c1-4-6-7-8(3)5-2;2-1(3)4;/h8H,3-7H2,1-2H3;(H3,2,3,4);/q;;+1/p-1. The summed E-state index contributed by atoms with van der Waals surface area (Å²) in [6.07, 6.45) is 5.70. The van der Waals surface area contributed by atoms with E-state index in [4.69, 9.17) is 0 Å². The summed E-state index contributed by atoms with van der Waals surface area (Å²) in [5.74, 6) is 1.06. The van der Waals surface area contributed by atoms with Crippen molar-refractivity contribution in [2.45, 2.75) is 44.5 Å². The van der Waals surface area contributed by atoms with E-state index in [1.807, 2.05) is 0 Å². The Bertz CT molecular complexity index is 112. The summed E-state index contributed by atoms with van der Waals surface area (Å²) < 4.78 is 0.0833. The van der Waals surface area contributed by atoms with Crippen LogP contribution in [0.25, 0.3) is 0 Å². The molecule has 0 radical (unpaired) electrons. The Labute approximate surface area is 103 Å². The first-order valence-electron chi connectivity index (χ1n) is 4.84. The molecule has 74 valence electrons. The smallest absolute Gasteiger partial charge is 0.0708 e. The molecule has 0 aliphatic carbocycles. The van der Waals surface area contributed by atoms with Gasteiger partial charge in [0.05, 0.1) is 0 Å². The van der Waals surface area contributed by atoms with Gasteiger partial charge < -0.3 is 30.6 Å². The van der Waals surface area contributed by atoms with Gasteiger partial charge in [-0.1, -0.05) is 4.32 Å². The van der Waals surface area contributed by atoms with Crippen LogP contribution in [-0.2, 0) is 30.9 Å². The molecule has 0 bridgehead atoms. The third-order valence-electron chi connectivity index (χ3n) is 1.95. The molecule has 0 aromatic rings. The summed E-state index contributed by atoms with van der Waals surface area (Å²) in [5, 5.41) is 1.50. The minimum atomic E-state index is 0.0833. The molecule has 13 heavy (non-hydrogen) atoms. The average molecular weight is 271 g/mol. The molecule has 1 nitrogen and oxygen atoms in total. The predicted molar refractivity (Wildman–Crippen MR) is 62.3 cm³/mol. The third-order valence-corrected chi connectivity index (χ3v) is 3.66. The van der Waals surface area contributed by atoms with Gasteiger partial charge in [-0.15, -0.1) is 0 Å². The van der Waals surface area contributed by atoms with Crippen LogP contribution in [0.3, 0.4) is 0 Å². The summed E-state index contributed by atoms with van der Waals surface area (Å²) in [6.45, 7) is 4.59. The van der Waals surface area contributed by atoms with E-state index in [1.54, 1.807) is 0 Å². The van der Waals surface area contributed by atoms with Crippen LogP contribution in [0.15, 0.2) is 0 Å². The van der Waals surface area contributed by atoms with E-state index in [0.717, 1.165) is 5.92 Å². The molecule has 0 aromatic carbocycles. The third kappa shape index (κ3) is 19.2. The van der Waals surface area contributed by atoms with Gasteiger partial charge in [-0.05, 0) is 0 Å². The summed E-state index contributed by atoms with van der Waals surface area (Å²) in [6, 6.07) is 0. The molecule has 0 saturated carbocycles. The molecule has 0 aliphatic rings. The molecule has 0 aromatic heterocycles. The van der Waals surface area contributed by atoms with Crippen molar-refractivity contribution in [3.05, 3.63) is 0 Å². The minimum absolute atomic E-state index is 0.0833. The van der Waals surface area contributed by atoms with E-state index < -0.39 is 0 Å². The number of hydrogen-bond donors (Lipinski definition) is 1. The van der Waals surface area contributed by atoms with E-state index in [-0.39, 0.29) is 4.32 Å². The Kier molecular flexibility index (Phi) is 15.8. The van der Waals surface area contributed by atoms with Crippen molar-refractivity contribution in [3.8, 4) is 0 Å². The van der Waals surface area contributed by atoms with Crippen LogP contribution in [0.5, 0.6) is 0 Å². The number of unbranched alkanes of at least 4 members (excludes halogenated alkanes) is 1. The van der Waals surface area contributed by atoms with Crippen LogP contribution < -0.4 is 5.73 Å². The largest absolute Gasteiger partial charge is 0.415 e. The zero-order valence-electron chi connectivity index (χ0n) is 8.71. The van der Waals surface area contributed by atoms with Crippen LogP contribution >= 0.6 is 12.2 Å². The molecule has 4 heteroatoms. The van der Waals surface area contributed by atoms with E-state index in [0.29, 0.717) is 0 Å².